The van der Waals surface area contributed by atoms with Gasteiger partial charge < -0.3 is 23.7 Å². The van der Waals surface area contributed by atoms with E-state index in [-0.39, 0.29) is 46.9 Å². The summed E-state index contributed by atoms with van der Waals surface area (Å²) in [6, 6.07) is 45.1. The molecule has 0 aromatic heterocycles. The van der Waals surface area contributed by atoms with Gasteiger partial charge in [0.05, 0.1) is 25.4 Å². The molecule has 0 atom stereocenters. The van der Waals surface area contributed by atoms with Crippen LogP contribution in [0.2, 0.25) is 5.04 Å². The molecular formula is C60H76N2O6Si. The van der Waals surface area contributed by atoms with Gasteiger partial charge in [-0.25, -0.2) is 0 Å². The van der Waals surface area contributed by atoms with Gasteiger partial charge in [0.25, 0.3) is 20.1 Å². The summed E-state index contributed by atoms with van der Waals surface area (Å²) >= 11 is 0. The molecule has 8 nitrogen and oxygen atoms in total. The van der Waals surface area contributed by atoms with Crippen molar-refractivity contribution in [3.8, 4) is 0 Å². The number of ether oxygens (including phenoxy) is 2. The Balaban J connectivity index is 1.12. The summed E-state index contributed by atoms with van der Waals surface area (Å²) < 4.78 is 19.5. The lowest BCUT2D eigenvalue weighted by Gasteiger charge is -2.45. The summed E-state index contributed by atoms with van der Waals surface area (Å²) in [5.74, 6) is -0.831. The SMILES string of the molecule is CCC1(N(CCO[Si](c2ccccc2)(c2ccccc2)C(C)(C)C)C(=O)c2ccccc2CCC(=O)Cc2ccc(C)cc2C(=O)N(CC2COC(C)(C)OC2)C(C)(C)c2ccccc2)CCCC1. The van der Waals surface area contributed by atoms with Crippen molar-refractivity contribution in [2.45, 2.75) is 136 Å². The molecule has 1 aliphatic heterocycles. The molecule has 2 aliphatic rings. The van der Waals surface area contributed by atoms with E-state index in [4.69, 9.17) is 13.9 Å². The van der Waals surface area contributed by atoms with Gasteiger partial charge in [-0.15, -0.1) is 0 Å². The average molecular weight is 949 g/mol. The topological polar surface area (TPSA) is 85.4 Å². The van der Waals surface area contributed by atoms with Crippen LogP contribution in [0.15, 0.2) is 133 Å². The summed E-state index contributed by atoms with van der Waals surface area (Å²) in [4.78, 5) is 48.6. The monoisotopic (exact) mass is 949 g/mol. The number of aryl methyl sites for hydroxylation is 2. The standard InChI is InChI=1S/C60H76N2O6Si/c1-10-60(36-22-23-37-60)61(38-39-68-69(57(3,4)5,51-27-16-12-17-28-51)52-29-18-13-19-30-52)55(64)53-31-21-20-24-47(53)34-35-50(63)41-48-33-32-45(2)40-54(48)56(65)62(42-46-43-66-59(8,9)67-44-46)58(6,7)49-25-14-11-15-26-49/h11-21,24-33,40,46H,10,22-23,34-39,41-44H2,1-9H3. The quantitative estimate of drug-likeness (QED) is 0.0767. The largest absolute Gasteiger partial charge is 0.406 e. The Kier molecular flexibility index (Phi) is 16.4. The lowest BCUT2D eigenvalue weighted by molar-refractivity contribution is -0.263. The molecule has 5 aromatic rings. The molecule has 1 aliphatic carbocycles. The fraction of sp³-hybridized carbons (Fsp3) is 0.450. The van der Waals surface area contributed by atoms with E-state index in [2.05, 4.69) is 119 Å². The molecule has 366 valence electrons. The van der Waals surface area contributed by atoms with Crippen LogP contribution in [0.3, 0.4) is 0 Å². The van der Waals surface area contributed by atoms with Crippen LogP contribution in [-0.4, -0.2) is 80.0 Å². The second kappa shape index (κ2) is 21.8. The van der Waals surface area contributed by atoms with E-state index in [0.29, 0.717) is 56.0 Å². The highest BCUT2D eigenvalue weighted by Crippen LogP contribution is 2.41. The van der Waals surface area contributed by atoms with Crippen LogP contribution < -0.4 is 10.4 Å². The van der Waals surface area contributed by atoms with Gasteiger partial charge in [0.2, 0.25) is 0 Å². The zero-order valence-electron chi connectivity index (χ0n) is 42.8. The molecule has 1 heterocycles. The van der Waals surface area contributed by atoms with E-state index in [1.807, 2.05) is 86.3 Å². The molecule has 0 unspecified atom stereocenters. The smallest absolute Gasteiger partial charge is 0.261 e. The second-order valence-electron chi connectivity index (χ2n) is 21.5. The third kappa shape index (κ3) is 11.5. The van der Waals surface area contributed by atoms with Crippen LogP contribution in [0.5, 0.6) is 0 Å². The van der Waals surface area contributed by atoms with Crippen molar-refractivity contribution in [2.24, 2.45) is 5.92 Å². The molecule has 69 heavy (non-hydrogen) atoms. The number of rotatable bonds is 19. The first-order chi connectivity index (χ1) is 32.9. The van der Waals surface area contributed by atoms with Crippen molar-refractivity contribution in [3.63, 3.8) is 0 Å². The number of Topliss-reactive ketones (excluding diaryl/α,β-unsaturated/α-hetero) is 1. The van der Waals surface area contributed by atoms with Gasteiger partial charge in [-0.3, -0.25) is 14.4 Å². The third-order valence-corrected chi connectivity index (χ3v) is 20.1. The number of hydrogen-bond donors (Lipinski definition) is 0. The first-order valence-corrected chi connectivity index (χ1v) is 27.2. The fourth-order valence-electron chi connectivity index (χ4n) is 11.0. The maximum Gasteiger partial charge on any atom is 0.261 e. The zero-order valence-corrected chi connectivity index (χ0v) is 43.8. The van der Waals surface area contributed by atoms with Gasteiger partial charge in [0.1, 0.15) is 5.78 Å². The van der Waals surface area contributed by atoms with E-state index in [9.17, 15) is 4.79 Å². The normalized spacial score (nSPS) is 16.2. The van der Waals surface area contributed by atoms with Gasteiger partial charge in [0.15, 0.2) is 5.79 Å². The molecular weight excluding hydrogens is 873 g/mol. The van der Waals surface area contributed by atoms with E-state index in [0.717, 1.165) is 48.8 Å². The summed E-state index contributed by atoms with van der Waals surface area (Å²) in [5, 5.41) is 2.24. The first-order valence-electron chi connectivity index (χ1n) is 25.3. The fourth-order valence-corrected chi connectivity index (χ4v) is 15.5. The Morgan fingerprint density at radius 3 is 1.86 bits per heavy atom. The number of hydrogen-bond acceptors (Lipinski definition) is 6. The van der Waals surface area contributed by atoms with Crippen molar-refractivity contribution < 1.29 is 28.3 Å². The van der Waals surface area contributed by atoms with Crippen molar-refractivity contribution in [3.05, 3.63) is 167 Å². The first kappa shape index (κ1) is 51.7. The van der Waals surface area contributed by atoms with E-state index >= 15 is 9.59 Å². The molecule has 1 saturated heterocycles. The summed E-state index contributed by atoms with van der Waals surface area (Å²) in [6.45, 7) is 21.2. The number of nitrogens with zero attached hydrogens (tertiary/aromatic N) is 2. The van der Waals surface area contributed by atoms with Crippen LogP contribution >= 0.6 is 0 Å². The van der Waals surface area contributed by atoms with E-state index in [1.165, 1.54) is 10.4 Å². The Hall–Kier alpha value is -5.19. The van der Waals surface area contributed by atoms with Crippen LogP contribution in [0, 0.1) is 12.8 Å². The van der Waals surface area contributed by atoms with Crippen LogP contribution in [0.25, 0.3) is 0 Å². The average Bonchev–Trinajstić information content (AvgIpc) is 3.84. The minimum Gasteiger partial charge on any atom is -0.406 e. The molecule has 5 aromatic carbocycles. The highest BCUT2D eigenvalue weighted by Gasteiger charge is 2.51. The summed E-state index contributed by atoms with van der Waals surface area (Å²) in [6.07, 6.45) is 5.66. The second-order valence-corrected chi connectivity index (χ2v) is 25.8. The molecule has 9 heteroatoms. The molecule has 0 bridgehead atoms. The molecule has 0 N–H and O–H groups in total. The molecule has 0 radical (unpaired) electrons. The number of amides is 2. The van der Waals surface area contributed by atoms with Gasteiger partial charge in [0, 0.05) is 48.5 Å². The Morgan fingerprint density at radius 2 is 1.28 bits per heavy atom. The lowest BCUT2D eigenvalue weighted by atomic mass is 9.88. The van der Waals surface area contributed by atoms with Crippen LogP contribution in [0.4, 0.5) is 0 Å². The van der Waals surface area contributed by atoms with Crippen molar-refractivity contribution in [1.82, 2.24) is 9.80 Å². The number of carbonyl (C=O) groups excluding carboxylic acids is 3. The predicted octanol–water partition coefficient (Wildman–Crippen LogP) is 11.3. The maximum absolute atomic E-state index is 15.3. The predicted molar refractivity (Wildman–Crippen MR) is 281 cm³/mol. The Morgan fingerprint density at radius 1 is 0.710 bits per heavy atom. The molecule has 0 spiro atoms. The van der Waals surface area contributed by atoms with Crippen molar-refractivity contribution in [1.29, 1.82) is 0 Å². The highest BCUT2D eigenvalue weighted by atomic mass is 28.4. The van der Waals surface area contributed by atoms with Gasteiger partial charge in [-0.2, -0.15) is 0 Å². The van der Waals surface area contributed by atoms with Gasteiger partial charge >= 0.3 is 0 Å². The minimum absolute atomic E-state index is 0.00212. The lowest BCUT2D eigenvalue weighted by Crippen LogP contribution is -2.67. The van der Waals surface area contributed by atoms with Crippen molar-refractivity contribution >= 4 is 36.3 Å². The Bertz CT molecular complexity index is 2460. The summed E-state index contributed by atoms with van der Waals surface area (Å²) in [7, 11) is -2.84. The van der Waals surface area contributed by atoms with E-state index < -0.39 is 19.6 Å². The zero-order chi connectivity index (χ0) is 49.5. The Labute approximate surface area is 413 Å². The highest BCUT2D eigenvalue weighted by molar-refractivity contribution is 6.99. The van der Waals surface area contributed by atoms with Crippen LogP contribution in [-0.2, 0) is 37.1 Å². The number of ketones is 1. The maximum atomic E-state index is 15.3. The van der Waals surface area contributed by atoms with Crippen molar-refractivity contribution in [2.75, 3.05) is 32.9 Å². The summed E-state index contributed by atoms with van der Waals surface area (Å²) in [5.41, 5.74) is 3.72. The van der Waals surface area contributed by atoms with Gasteiger partial charge in [-0.05, 0) is 105 Å². The molecule has 1 saturated carbocycles. The van der Waals surface area contributed by atoms with E-state index in [1.54, 1.807) is 0 Å². The number of benzene rings is 5. The number of carbonyl (C=O) groups is 3. The van der Waals surface area contributed by atoms with Crippen LogP contribution in [0.1, 0.15) is 137 Å². The van der Waals surface area contributed by atoms with Gasteiger partial charge in [-0.1, -0.05) is 167 Å². The molecule has 2 fully saturated rings. The molecule has 2 amide bonds. The third-order valence-electron chi connectivity index (χ3n) is 15.0. The minimum atomic E-state index is -2.84. The molecule has 7 rings (SSSR count).